The molecule has 6 nitrogen and oxygen atoms in total. The van der Waals surface area contributed by atoms with Crippen LogP contribution in [0.3, 0.4) is 0 Å². The summed E-state index contributed by atoms with van der Waals surface area (Å²) in [6.45, 7) is 1.77. The summed E-state index contributed by atoms with van der Waals surface area (Å²) in [5.41, 5.74) is 0.199. The molecule has 0 bridgehead atoms. The Labute approximate surface area is 146 Å². The molecule has 25 heavy (non-hydrogen) atoms. The molecule has 0 spiro atoms. The van der Waals surface area contributed by atoms with Crippen LogP contribution in [0.2, 0.25) is 0 Å². The van der Waals surface area contributed by atoms with Gasteiger partial charge in [0.1, 0.15) is 13.2 Å². The van der Waals surface area contributed by atoms with Gasteiger partial charge in [-0.1, -0.05) is 12.5 Å². The zero-order chi connectivity index (χ0) is 17.4. The van der Waals surface area contributed by atoms with Crippen LogP contribution in [-0.2, 0) is 9.59 Å². The number of carboxylic acid groups (broad SMARTS) is 1. The van der Waals surface area contributed by atoms with Crippen molar-refractivity contribution in [2.24, 2.45) is 5.41 Å². The Morgan fingerprint density at radius 2 is 1.92 bits per heavy atom. The molecule has 1 amide bonds. The molecule has 134 valence electrons. The average Bonchev–Trinajstić information content (AvgIpc) is 3.07. The second kappa shape index (κ2) is 6.24. The molecule has 1 N–H and O–H groups in total. The van der Waals surface area contributed by atoms with Crippen molar-refractivity contribution in [3.05, 3.63) is 23.8 Å². The third kappa shape index (κ3) is 2.83. The van der Waals surface area contributed by atoms with Gasteiger partial charge in [0.05, 0.1) is 11.5 Å². The van der Waals surface area contributed by atoms with Crippen LogP contribution in [0.5, 0.6) is 11.5 Å². The number of rotatable bonds is 4. The lowest BCUT2D eigenvalue weighted by Crippen LogP contribution is -2.43. The van der Waals surface area contributed by atoms with Crippen LogP contribution in [0.15, 0.2) is 18.2 Å². The second-order valence-electron chi connectivity index (χ2n) is 7.26. The van der Waals surface area contributed by atoms with Crippen LogP contribution < -0.4 is 9.47 Å². The molecule has 0 radical (unpaired) electrons. The van der Waals surface area contributed by atoms with E-state index in [1.165, 1.54) is 0 Å². The number of hydrogen-bond donors (Lipinski definition) is 1. The Bertz CT molecular complexity index is 697. The maximum atomic E-state index is 12.8. The molecule has 1 saturated carbocycles. The lowest BCUT2D eigenvalue weighted by atomic mass is 9.66. The third-order valence-electron chi connectivity index (χ3n) is 5.78. The maximum Gasteiger partial charge on any atom is 0.310 e. The van der Waals surface area contributed by atoms with Gasteiger partial charge in [-0.05, 0) is 43.4 Å². The first kappa shape index (κ1) is 16.2. The summed E-state index contributed by atoms with van der Waals surface area (Å²) in [5.74, 6) is 0.593. The van der Waals surface area contributed by atoms with Crippen LogP contribution >= 0.6 is 0 Å². The van der Waals surface area contributed by atoms with Crippen LogP contribution in [0.25, 0.3) is 0 Å². The zero-order valence-corrected chi connectivity index (χ0v) is 14.2. The van der Waals surface area contributed by atoms with Crippen LogP contribution in [0.4, 0.5) is 0 Å². The van der Waals surface area contributed by atoms with E-state index in [0.29, 0.717) is 32.6 Å². The van der Waals surface area contributed by atoms with Gasteiger partial charge >= 0.3 is 5.97 Å². The highest BCUT2D eigenvalue weighted by molar-refractivity contribution is 5.86. The molecule has 2 fully saturated rings. The summed E-state index contributed by atoms with van der Waals surface area (Å²) in [6.07, 6.45) is 4.05. The number of benzene rings is 1. The molecule has 1 saturated heterocycles. The minimum Gasteiger partial charge on any atom is -0.486 e. The molecule has 6 heteroatoms. The molecule has 3 aliphatic rings. The lowest BCUT2D eigenvalue weighted by molar-refractivity contribution is -0.159. The minimum atomic E-state index is -0.836. The summed E-state index contributed by atoms with van der Waals surface area (Å²) >= 11 is 0. The number of carboxylic acids is 1. The Morgan fingerprint density at radius 3 is 2.60 bits per heavy atom. The Balaban J connectivity index is 1.52. The van der Waals surface area contributed by atoms with Gasteiger partial charge in [0.15, 0.2) is 11.5 Å². The van der Waals surface area contributed by atoms with Crippen LogP contribution in [0.1, 0.15) is 50.1 Å². The summed E-state index contributed by atoms with van der Waals surface area (Å²) in [6, 6.07) is 5.84. The highest BCUT2D eigenvalue weighted by Crippen LogP contribution is 2.46. The number of amides is 1. The van der Waals surface area contributed by atoms with Crippen LogP contribution in [-0.4, -0.2) is 41.6 Å². The fourth-order valence-corrected chi connectivity index (χ4v) is 4.14. The van der Waals surface area contributed by atoms with E-state index in [-0.39, 0.29) is 18.4 Å². The predicted molar refractivity (Wildman–Crippen MR) is 89.7 cm³/mol. The van der Waals surface area contributed by atoms with Crippen LogP contribution in [0, 0.1) is 5.41 Å². The maximum absolute atomic E-state index is 12.8. The fraction of sp³-hybridized carbons (Fsp3) is 0.579. The molecule has 1 aromatic rings. The number of hydrogen-bond acceptors (Lipinski definition) is 4. The first-order valence-corrected chi connectivity index (χ1v) is 9.01. The van der Waals surface area contributed by atoms with Gasteiger partial charge < -0.3 is 19.5 Å². The first-order valence-electron chi connectivity index (χ1n) is 9.01. The average molecular weight is 345 g/mol. The summed E-state index contributed by atoms with van der Waals surface area (Å²) in [4.78, 5) is 26.3. The third-order valence-corrected chi connectivity index (χ3v) is 5.78. The van der Waals surface area contributed by atoms with Gasteiger partial charge in [-0.2, -0.15) is 0 Å². The van der Waals surface area contributed by atoms with Crippen molar-refractivity contribution in [2.45, 2.75) is 44.6 Å². The molecule has 4 rings (SSSR count). The standard InChI is InChI=1S/C19H23NO5/c21-17(12-19(18(22)23)6-2-7-19)20-8-1-3-14(20)13-4-5-15-16(11-13)25-10-9-24-15/h4-5,11,14H,1-3,6-10,12H2,(H,22,23)/t14-/m0/s1. The van der Waals surface area contributed by atoms with E-state index < -0.39 is 11.4 Å². The van der Waals surface area contributed by atoms with Gasteiger partial charge in [-0.15, -0.1) is 0 Å². The summed E-state index contributed by atoms with van der Waals surface area (Å²) < 4.78 is 11.2. The Hall–Kier alpha value is -2.24. The number of carbonyl (C=O) groups is 2. The number of ether oxygens (including phenoxy) is 2. The topological polar surface area (TPSA) is 76.1 Å². The largest absolute Gasteiger partial charge is 0.486 e. The predicted octanol–water partition coefficient (Wildman–Crippen LogP) is 2.77. The van der Waals surface area contributed by atoms with E-state index in [1.54, 1.807) is 0 Å². The highest BCUT2D eigenvalue weighted by atomic mass is 16.6. The molecule has 1 atom stereocenters. The smallest absolute Gasteiger partial charge is 0.310 e. The van der Waals surface area contributed by atoms with Gasteiger partial charge in [-0.3, -0.25) is 9.59 Å². The van der Waals surface area contributed by atoms with E-state index in [2.05, 4.69) is 0 Å². The molecular weight excluding hydrogens is 322 g/mol. The quantitative estimate of drug-likeness (QED) is 0.908. The highest BCUT2D eigenvalue weighted by Gasteiger charge is 2.47. The Kier molecular flexibility index (Phi) is 4.06. The number of carbonyl (C=O) groups excluding carboxylic acids is 1. The monoisotopic (exact) mass is 345 g/mol. The summed E-state index contributed by atoms with van der Waals surface area (Å²) in [5, 5.41) is 9.49. The second-order valence-corrected chi connectivity index (χ2v) is 7.26. The lowest BCUT2D eigenvalue weighted by Gasteiger charge is -2.38. The van der Waals surface area contributed by atoms with Gasteiger partial charge in [0.25, 0.3) is 0 Å². The van der Waals surface area contributed by atoms with Crippen molar-refractivity contribution in [1.82, 2.24) is 4.90 Å². The van der Waals surface area contributed by atoms with Crippen molar-refractivity contribution in [1.29, 1.82) is 0 Å². The molecule has 2 heterocycles. The van der Waals surface area contributed by atoms with Gasteiger partial charge in [0, 0.05) is 13.0 Å². The van der Waals surface area contributed by atoms with E-state index in [0.717, 1.165) is 36.3 Å². The Morgan fingerprint density at radius 1 is 1.16 bits per heavy atom. The minimum absolute atomic E-state index is 0.00533. The van der Waals surface area contributed by atoms with E-state index in [4.69, 9.17) is 9.47 Å². The van der Waals surface area contributed by atoms with E-state index in [9.17, 15) is 14.7 Å². The first-order chi connectivity index (χ1) is 12.1. The number of fused-ring (bicyclic) bond motifs is 1. The fourth-order valence-electron chi connectivity index (χ4n) is 4.14. The molecule has 0 aromatic heterocycles. The molecule has 0 unspecified atom stereocenters. The van der Waals surface area contributed by atoms with Gasteiger partial charge in [0.2, 0.25) is 5.91 Å². The van der Waals surface area contributed by atoms with Crippen molar-refractivity contribution in [3.8, 4) is 11.5 Å². The SMILES string of the molecule is O=C(CC1(C(=O)O)CCC1)N1CCC[C@H]1c1ccc2c(c1)OCCO2. The molecule has 2 aliphatic heterocycles. The number of aliphatic carboxylic acids is 1. The van der Waals surface area contributed by atoms with E-state index >= 15 is 0 Å². The van der Waals surface area contributed by atoms with Gasteiger partial charge in [-0.25, -0.2) is 0 Å². The summed E-state index contributed by atoms with van der Waals surface area (Å²) in [7, 11) is 0. The zero-order valence-electron chi connectivity index (χ0n) is 14.2. The van der Waals surface area contributed by atoms with Crippen molar-refractivity contribution >= 4 is 11.9 Å². The van der Waals surface area contributed by atoms with E-state index in [1.807, 2.05) is 23.1 Å². The number of likely N-dealkylation sites (tertiary alicyclic amines) is 1. The molecule has 1 aliphatic carbocycles. The normalized spacial score (nSPS) is 23.8. The molecule has 1 aromatic carbocycles. The van der Waals surface area contributed by atoms with Crippen molar-refractivity contribution < 1.29 is 24.2 Å². The molecular formula is C19H23NO5. The van der Waals surface area contributed by atoms with Crippen molar-refractivity contribution in [2.75, 3.05) is 19.8 Å². The van der Waals surface area contributed by atoms with Crippen molar-refractivity contribution in [3.63, 3.8) is 0 Å². The number of nitrogens with zero attached hydrogens (tertiary/aromatic N) is 1.